The van der Waals surface area contributed by atoms with Crippen molar-refractivity contribution in [1.29, 1.82) is 0 Å². The number of aliphatic hydroxyl groups excluding tert-OH is 1. The Balaban J connectivity index is -0.000000200. The Kier molecular flexibility index (Phi) is 27.9. The van der Waals surface area contributed by atoms with Crippen molar-refractivity contribution in [2.24, 2.45) is 0 Å². The predicted octanol–water partition coefficient (Wildman–Crippen LogP) is -0.362. The minimum atomic E-state index is -2.72. The van der Waals surface area contributed by atoms with Gasteiger partial charge in [0.2, 0.25) is 0 Å². The maximum absolute atomic E-state index is 9.61. The van der Waals surface area contributed by atoms with Crippen molar-refractivity contribution in [1.82, 2.24) is 0 Å². The monoisotopic (exact) mass is 262 g/mol. The fourth-order valence-electron chi connectivity index (χ4n) is 0.438. The third-order valence-electron chi connectivity index (χ3n) is 0.971. The van der Waals surface area contributed by atoms with Crippen LogP contribution < -0.4 is 0 Å². The van der Waals surface area contributed by atoms with E-state index < -0.39 is 11.0 Å². The van der Waals surface area contributed by atoms with Gasteiger partial charge in [0, 0.05) is 6.61 Å². The molecule has 0 rings (SSSR count). The van der Waals surface area contributed by atoms with Gasteiger partial charge in [-0.25, -0.2) is 8.42 Å². The zero-order valence-electron chi connectivity index (χ0n) is 8.63. The summed E-state index contributed by atoms with van der Waals surface area (Å²) < 4.78 is 28.2. The summed E-state index contributed by atoms with van der Waals surface area (Å²) in [6.07, 6.45) is 3.79. The maximum atomic E-state index is 9.61. The van der Waals surface area contributed by atoms with Crippen molar-refractivity contribution < 1.29 is 22.4 Å². The Morgan fingerprint density at radius 1 is 1.19 bits per heavy atom. The Labute approximate surface area is 121 Å². The van der Waals surface area contributed by atoms with Crippen molar-refractivity contribution in [3.63, 3.8) is 0 Å². The second-order valence-electron chi connectivity index (χ2n) is 2.25. The molecule has 0 saturated carbocycles. The van der Waals surface area contributed by atoms with E-state index in [2.05, 4.69) is 17.3 Å². The van der Waals surface area contributed by atoms with Crippen LogP contribution in [0.5, 0.6) is 0 Å². The van der Waals surface area contributed by atoms with E-state index in [4.69, 9.17) is 9.84 Å². The van der Waals surface area contributed by atoms with Crippen molar-refractivity contribution in [2.75, 3.05) is 26.4 Å². The topological polar surface area (TPSA) is 72.8 Å². The number of ether oxygens (including phenoxy) is 1. The van der Waals surface area contributed by atoms with E-state index in [1.165, 1.54) is 0 Å². The van der Waals surface area contributed by atoms with Crippen LogP contribution in [0.2, 0.25) is 0 Å². The van der Waals surface area contributed by atoms with Crippen molar-refractivity contribution in [3.05, 3.63) is 25.3 Å². The number of aliphatic hydroxyl groups is 1. The van der Waals surface area contributed by atoms with Crippen LogP contribution in [-0.2, 0) is 19.9 Å². The number of hydrogen-bond acceptors (Lipinski definition) is 5. The van der Waals surface area contributed by atoms with E-state index >= 15 is 0 Å². The molecule has 0 unspecified atom stereocenters. The molecule has 0 aliphatic rings. The molecule has 0 aromatic heterocycles. The Morgan fingerprint density at radius 2 is 1.69 bits per heavy atom. The SMILES string of the molecule is C=CCOCC=C.O=[SH](=O)OCCCO.[NaH]. The van der Waals surface area contributed by atoms with Gasteiger partial charge in [0.1, 0.15) is 0 Å². The fourth-order valence-corrected chi connectivity index (χ4v) is 0.717. The minimum absolute atomic E-state index is 0. The molecule has 0 aliphatic heterocycles. The van der Waals surface area contributed by atoms with Crippen LogP contribution in [-0.4, -0.2) is 69.5 Å². The molecular weight excluding hydrogens is 243 g/mol. The van der Waals surface area contributed by atoms with Crippen molar-refractivity contribution >= 4 is 40.5 Å². The van der Waals surface area contributed by atoms with Gasteiger partial charge in [-0.1, -0.05) is 12.2 Å². The van der Waals surface area contributed by atoms with Crippen LogP contribution in [0.25, 0.3) is 0 Å². The fraction of sp³-hybridized carbons (Fsp3) is 0.556. The van der Waals surface area contributed by atoms with Gasteiger partial charge >= 0.3 is 29.6 Å². The van der Waals surface area contributed by atoms with E-state index in [0.717, 1.165) is 0 Å². The summed E-state index contributed by atoms with van der Waals surface area (Å²) in [5, 5.41) is 8.10. The molecule has 0 atom stereocenters. The Morgan fingerprint density at radius 3 is 2.00 bits per heavy atom. The molecule has 0 fully saturated rings. The molecule has 92 valence electrons. The van der Waals surface area contributed by atoms with Crippen LogP contribution in [0.3, 0.4) is 0 Å². The molecule has 0 aliphatic carbocycles. The molecule has 7 heteroatoms. The van der Waals surface area contributed by atoms with Gasteiger partial charge in [0.15, 0.2) is 0 Å². The first kappa shape index (κ1) is 21.6. The second kappa shape index (κ2) is 20.7. The molecule has 5 nitrogen and oxygen atoms in total. The molecule has 0 radical (unpaired) electrons. The molecule has 1 N–H and O–H groups in total. The second-order valence-corrected chi connectivity index (χ2v) is 2.95. The van der Waals surface area contributed by atoms with Gasteiger partial charge in [0.05, 0.1) is 19.8 Å². The van der Waals surface area contributed by atoms with Crippen LogP contribution in [0.4, 0.5) is 0 Å². The van der Waals surface area contributed by atoms with E-state index in [-0.39, 0.29) is 42.8 Å². The molecule has 0 aromatic rings. The number of thiol groups is 1. The van der Waals surface area contributed by atoms with Crippen LogP contribution >= 0.6 is 0 Å². The van der Waals surface area contributed by atoms with Crippen LogP contribution in [0.1, 0.15) is 6.42 Å². The first-order valence-corrected chi connectivity index (χ1v) is 5.46. The summed E-state index contributed by atoms with van der Waals surface area (Å²) in [6, 6.07) is 0. The molecule has 0 heterocycles. The summed E-state index contributed by atoms with van der Waals surface area (Å²) in [4.78, 5) is 0. The quantitative estimate of drug-likeness (QED) is 0.270. The normalized spacial score (nSPS) is 8.62. The van der Waals surface area contributed by atoms with Crippen molar-refractivity contribution in [3.8, 4) is 0 Å². The molecule has 0 bridgehead atoms. The standard InChI is InChI=1S/C6H10O.C3H8O4S.Na.H/c1-3-5-7-6-4-2;4-2-1-3-7-8(5)6;;/h3-4H,1-2,5-6H2;4,8H,1-3H2;;. The van der Waals surface area contributed by atoms with E-state index in [9.17, 15) is 8.42 Å². The number of hydrogen-bond donors (Lipinski definition) is 2. The molecular formula is C9H19NaO5S. The van der Waals surface area contributed by atoms with Gasteiger partial charge < -0.3 is 9.84 Å². The van der Waals surface area contributed by atoms with Crippen LogP contribution in [0.15, 0.2) is 25.3 Å². The third-order valence-corrected chi connectivity index (χ3v) is 1.36. The molecule has 16 heavy (non-hydrogen) atoms. The van der Waals surface area contributed by atoms with Gasteiger partial charge in [0.25, 0.3) is 11.0 Å². The zero-order valence-corrected chi connectivity index (χ0v) is 9.53. The molecule has 0 aromatic carbocycles. The van der Waals surface area contributed by atoms with Gasteiger partial charge in [-0.05, 0) is 6.42 Å². The Bertz CT molecular complexity index is 202. The van der Waals surface area contributed by atoms with E-state index in [1.54, 1.807) is 12.2 Å². The number of rotatable bonds is 8. The summed E-state index contributed by atoms with van der Waals surface area (Å²) in [5.74, 6) is 0. The van der Waals surface area contributed by atoms with E-state index in [0.29, 0.717) is 19.6 Å². The van der Waals surface area contributed by atoms with Crippen molar-refractivity contribution in [2.45, 2.75) is 6.42 Å². The average Bonchev–Trinajstić information content (AvgIpc) is 2.20. The third kappa shape index (κ3) is 29.2. The molecule has 0 amide bonds. The van der Waals surface area contributed by atoms with Gasteiger partial charge in [-0.2, -0.15) is 0 Å². The van der Waals surface area contributed by atoms with Gasteiger partial charge in [-0.3, -0.25) is 4.18 Å². The predicted molar refractivity (Wildman–Crippen MR) is 66.3 cm³/mol. The first-order valence-electron chi connectivity index (χ1n) is 4.36. The summed E-state index contributed by atoms with van der Waals surface area (Å²) in [5.41, 5.74) is 0. The molecule has 0 saturated heterocycles. The zero-order chi connectivity index (χ0) is 11.9. The van der Waals surface area contributed by atoms with E-state index in [1.807, 2.05) is 0 Å². The summed E-state index contributed by atoms with van der Waals surface area (Å²) in [6.45, 7) is 8.22. The average molecular weight is 262 g/mol. The van der Waals surface area contributed by atoms with Crippen LogP contribution in [0, 0.1) is 0 Å². The summed E-state index contributed by atoms with van der Waals surface area (Å²) in [7, 11) is -2.72. The molecule has 0 spiro atoms. The Hall–Kier alpha value is 0.310. The van der Waals surface area contributed by atoms with Gasteiger partial charge in [-0.15, -0.1) is 13.2 Å². The summed E-state index contributed by atoms with van der Waals surface area (Å²) >= 11 is 0. The first-order chi connectivity index (χ1) is 7.18.